The van der Waals surface area contributed by atoms with E-state index in [1.165, 1.54) is 25.3 Å². The smallest absolute Gasteiger partial charge is 0.424 e. The molecule has 252 valence electrons. The maximum atomic E-state index is 14.7. The van der Waals surface area contributed by atoms with Crippen LogP contribution in [-0.4, -0.2) is 72.3 Å². The number of aromatic nitrogens is 1. The van der Waals surface area contributed by atoms with Crippen LogP contribution in [0.25, 0.3) is 11.3 Å². The van der Waals surface area contributed by atoms with Gasteiger partial charge >= 0.3 is 12.4 Å². The lowest BCUT2D eigenvalue weighted by atomic mass is 9.86. The number of pyridine rings is 1. The lowest BCUT2D eigenvalue weighted by Crippen LogP contribution is -2.58. The Morgan fingerprint density at radius 1 is 1.04 bits per heavy atom. The molecule has 17 heteroatoms. The number of amides is 2. The molecule has 4 N–H and O–H groups in total. The van der Waals surface area contributed by atoms with Gasteiger partial charge in [-0.2, -0.15) is 26.3 Å². The van der Waals surface area contributed by atoms with Gasteiger partial charge in [0, 0.05) is 16.7 Å². The molecule has 2 aliphatic rings. The first-order valence-corrected chi connectivity index (χ1v) is 13.9. The third kappa shape index (κ3) is 6.36. The summed E-state index contributed by atoms with van der Waals surface area (Å²) in [5.74, 6) is -3.77. The fourth-order valence-corrected chi connectivity index (χ4v) is 4.87. The predicted molar refractivity (Wildman–Crippen MR) is 147 cm³/mol. The van der Waals surface area contributed by atoms with Crippen molar-refractivity contribution >= 4 is 11.8 Å². The van der Waals surface area contributed by atoms with Crippen LogP contribution >= 0.6 is 0 Å². The maximum Gasteiger partial charge on any atom is 0.424 e. The number of halogens is 7. The van der Waals surface area contributed by atoms with Gasteiger partial charge in [-0.05, 0) is 61.4 Å². The molecule has 1 aliphatic carbocycles. The Labute approximate surface area is 261 Å². The minimum Gasteiger partial charge on any atom is -0.493 e. The highest BCUT2D eigenvalue weighted by atomic mass is 19.4. The quantitative estimate of drug-likeness (QED) is 0.238. The zero-order chi connectivity index (χ0) is 34.4. The predicted octanol–water partition coefficient (Wildman–Crippen LogP) is 3.88. The number of aliphatic hydroxyl groups excluding tert-OH is 1. The van der Waals surface area contributed by atoms with Crippen LogP contribution in [0, 0.1) is 5.82 Å². The summed E-state index contributed by atoms with van der Waals surface area (Å²) in [4.78, 5) is 28.8. The molecule has 1 fully saturated rings. The highest BCUT2D eigenvalue weighted by molar-refractivity contribution is 5.95. The highest BCUT2D eigenvalue weighted by Crippen LogP contribution is 2.52. The summed E-state index contributed by atoms with van der Waals surface area (Å²) in [6.07, 6.45) is -9.49. The van der Waals surface area contributed by atoms with Crippen LogP contribution in [-0.2, 0) is 15.9 Å². The lowest BCUT2D eigenvalue weighted by molar-refractivity contribution is -0.265. The third-order valence-corrected chi connectivity index (χ3v) is 7.61. The molecule has 0 radical (unpaired) electrons. The minimum absolute atomic E-state index is 0.0385. The van der Waals surface area contributed by atoms with Gasteiger partial charge in [-0.15, -0.1) is 0 Å². The molecule has 1 saturated carbocycles. The Morgan fingerprint density at radius 3 is 2.30 bits per heavy atom. The first kappa shape index (κ1) is 33.7. The Hall–Kier alpha value is -4.64. The van der Waals surface area contributed by atoms with E-state index in [4.69, 9.17) is 19.3 Å². The second-order valence-electron chi connectivity index (χ2n) is 10.9. The summed E-state index contributed by atoms with van der Waals surface area (Å²) in [6.45, 7) is -4.41. The summed E-state index contributed by atoms with van der Waals surface area (Å²) in [5, 5.41) is 23.8. The van der Waals surface area contributed by atoms with Crippen molar-refractivity contribution in [2.24, 2.45) is 0 Å². The summed E-state index contributed by atoms with van der Waals surface area (Å²) in [5.41, 5.74) is -11.2. The van der Waals surface area contributed by atoms with Crippen LogP contribution in [0.3, 0.4) is 0 Å². The van der Waals surface area contributed by atoms with Crippen LogP contribution < -0.4 is 24.8 Å². The molecule has 2 aromatic carbocycles. The van der Waals surface area contributed by atoms with E-state index in [1.54, 1.807) is 5.32 Å². The normalized spacial score (nSPS) is 18.9. The largest absolute Gasteiger partial charge is 0.493 e. The van der Waals surface area contributed by atoms with E-state index < -0.39 is 83.6 Å². The van der Waals surface area contributed by atoms with E-state index in [9.17, 15) is 45.4 Å². The van der Waals surface area contributed by atoms with E-state index in [1.807, 2.05) is 5.32 Å². The van der Waals surface area contributed by atoms with Gasteiger partial charge in [0.15, 0.2) is 22.8 Å². The molecule has 2 amide bonds. The second kappa shape index (κ2) is 12.2. The summed E-state index contributed by atoms with van der Waals surface area (Å²) in [7, 11) is 1.28. The van der Waals surface area contributed by atoms with Crippen molar-refractivity contribution in [3.05, 3.63) is 71.2 Å². The number of hydrogen-bond acceptors (Lipinski definition) is 8. The molecule has 0 spiro atoms. The molecular weight excluding hydrogens is 647 g/mol. The number of nitrogens with zero attached hydrogens (tertiary/aromatic N) is 1. The lowest BCUT2D eigenvalue weighted by Gasteiger charge is -2.34. The first-order valence-electron chi connectivity index (χ1n) is 13.9. The van der Waals surface area contributed by atoms with Gasteiger partial charge in [-0.3, -0.25) is 9.59 Å². The minimum atomic E-state index is -5.66. The van der Waals surface area contributed by atoms with Crippen LogP contribution in [0.2, 0.25) is 0 Å². The molecule has 1 aromatic heterocycles. The van der Waals surface area contributed by atoms with Gasteiger partial charge < -0.3 is 35.1 Å². The molecule has 0 bridgehead atoms. The average molecular weight is 674 g/mol. The van der Waals surface area contributed by atoms with Crippen LogP contribution in [0.5, 0.6) is 17.2 Å². The molecule has 47 heavy (non-hydrogen) atoms. The monoisotopic (exact) mass is 673 g/mol. The number of fused-ring (bicyclic) bond motifs is 1. The third-order valence-electron chi connectivity index (χ3n) is 7.61. The van der Waals surface area contributed by atoms with Crippen molar-refractivity contribution < 1.29 is 64.7 Å². The van der Waals surface area contributed by atoms with E-state index in [0.717, 1.165) is 37.1 Å². The van der Waals surface area contributed by atoms with E-state index in [0.29, 0.717) is 0 Å². The van der Waals surface area contributed by atoms with Crippen LogP contribution in [0.15, 0.2) is 48.5 Å². The maximum absolute atomic E-state index is 14.7. The van der Waals surface area contributed by atoms with Gasteiger partial charge in [0.25, 0.3) is 5.91 Å². The number of ether oxygens (including phenoxy) is 3. The van der Waals surface area contributed by atoms with Crippen molar-refractivity contribution in [3.8, 4) is 28.5 Å². The number of nitrogens with one attached hydrogen (secondary N) is 2. The Kier molecular flexibility index (Phi) is 8.74. The molecule has 0 saturated heterocycles. The van der Waals surface area contributed by atoms with E-state index in [2.05, 4.69) is 4.98 Å². The molecule has 10 nitrogen and oxygen atoms in total. The van der Waals surface area contributed by atoms with Gasteiger partial charge in [0.1, 0.15) is 24.7 Å². The van der Waals surface area contributed by atoms with Crippen molar-refractivity contribution in [2.45, 2.75) is 42.4 Å². The number of rotatable bonds is 10. The number of carbonyl (C=O) groups is 2. The van der Waals surface area contributed by atoms with Crippen LogP contribution in [0.1, 0.15) is 34.5 Å². The zero-order valence-electron chi connectivity index (χ0n) is 24.3. The van der Waals surface area contributed by atoms with Gasteiger partial charge in [-0.25, -0.2) is 9.37 Å². The Bertz CT molecular complexity index is 1680. The SMILES string of the molecule is COc1cc(C(=O)NC[C@](O)(c2cc3c(c(-c4ccc(F)cc4)n2)OC[C@@]3(NC(=O)CO)C(F)(F)F)C(F)(F)F)ccc1OC1CC1. The zero-order valence-corrected chi connectivity index (χ0v) is 24.3. The molecule has 1 aliphatic heterocycles. The van der Waals surface area contributed by atoms with Crippen molar-refractivity contribution in [1.82, 2.24) is 15.6 Å². The average Bonchev–Trinajstić information content (AvgIpc) is 3.76. The van der Waals surface area contributed by atoms with Gasteiger partial charge in [0.05, 0.1) is 25.5 Å². The fraction of sp³-hybridized carbons (Fsp3) is 0.367. The number of hydrogen-bond donors (Lipinski definition) is 4. The number of methoxy groups -OCH3 is 1. The summed E-state index contributed by atoms with van der Waals surface area (Å²) < 4.78 is 118. The molecule has 0 unspecified atom stereocenters. The van der Waals surface area contributed by atoms with E-state index in [-0.39, 0.29) is 34.8 Å². The number of aliphatic hydroxyl groups is 2. The highest BCUT2D eigenvalue weighted by Gasteiger charge is 2.64. The molecule has 2 atom stereocenters. The second-order valence-corrected chi connectivity index (χ2v) is 10.9. The Balaban J connectivity index is 1.60. The number of alkyl halides is 6. The number of benzene rings is 2. The van der Waals surface area contributed by atoms with Gasteiger partial charge in [0.2, 0.25) is 11.5 Å². The Morgan fingerprint density at radius 2 is 1.72 bits per heavy atom. The topological polar surface area (TPSA) is 139 Å². The standard InChI is InChI=1S/C30H26F7N3O7/c1-45-21-10-16(4-9-20(21)47-18-7-8-18)26(43)38-13-28(44,30(35,36)37)22-11-19-25(24(39-22)15-2-5-17(31)6-3-15)46-14-27(19,29(32,33)34)40-23(42)12-41/h2-6,9-11,18,41,44H,7-8,12-14H2,1H3,(H,38,43)(H,40,42)/t27-,28-/m0/s1. The van der Waals surface area contributed by atoms with Crippen molar-refractivity contribution in [3.63, 3.8) is 0 Å². The van der Waals surface area contributed by atoms with E-state index >= 15 is 0 Å². The van der Waals surface area contributed by atoms with Gasteiger partial charge in [-0.1, -0.05) is 0 Å². The summed E-state index contributed by atoms with van der Waals surface area (Å²) >= 11 is 0. The number of carbonyl (C=O) groups excluding carboxylic acids is 2. The van der Waals surface area contributed by atoms with Crippen molar-refractivity contribution in [1.29, 1.82) is 0 Å². The molecule has 2 heterocycles. The fourth-order valence-electron chi connectivity index (χ4n) is 4.87. The van der Waals surface area contributed by atoms with Crippen molar-refractivity contribution in [2.75, 3.05) is 26.9 Å². The summed E-state index contributed by atoms with van der Waals surface area (Å²) in [6, 6.07) is 7.79. The molecule has 5 rings (SSSR count). The molecule has 3 aromatic rings. The first-order chi connectivity index (χ1) is 22.0. The molecular formula is C30H26F7N3O7. The van der Waals surface area contributed by atoms with Crippen LogP contribution in [0.4, 0.5) is 30.7 Å².